The quantitative estimate of drug-likeness (QED) is 0.204. The molecule has 1 fully saturated rings. The van der Waals surface area contributed by atoms with Crippen molar-refractivity contribution < 1.29 is 0 Å². The normalized spacial score (nSPS) is 15.9. The molecule has 1 aliphatic rings. The third-order valence-electron chi connectivity index (χ3n) is 4.81. The van der Waals surface area contributed by atoms with Crippen molar-refractivity contribution in [1.82, 2.24) is 20.4 Å². The van der Waals surface area contributed by atoms with Gasteiger partial charge in [-0.25, -0.2) is 0 Å². The summed E-state index contributed by atoms with van der Waals surface area (Å²) in [5, 5.41) is 6.84. The summed E-state index contributed by atoms with van der Waals surface area (Å²) in [5.74, 6) is 2.19. The van der Waals surface area contributed by atoms with E-state index in [1.807, 2.05) is 11.8 Å². The van der Waals surface area contributed by atoms with Crippen LogP contribution in [-0.2, 0) is 6.54 Å². The second-order valence-electron chi connectivity index (χ2n) is 6.99. The molecule has 1 aromatic rings. The van der Waals surface area contributed by atoms with Crippen LogP contribution in [0.15, 0.2) is 35.3 Å². The molecule has 2 rings (SSSR count). The molecule has 0 bridgehead atoms. The summed E-state index contributed by atoms with van der Waals surface area (Å²) in [7, 11) is 0. The first-order chi connectivity index (χ1) is 13.3. The van der Waals surface area contributed by atoms with Crippen molar-refractivity contribution in [3.8, 4) is 0 Å². The molecule has 1 saturated heterocycles. The van der Waals surface area contributed by atoms with Crippen molar-refractivity contribution in [1.29, 1.82) is 0 Å². The van der Waals surface area contributed by atoms with E-state index in [4.69, 9.17) is 0 Å². The van der Waals surface area contributed by atoms with Gasteiger partial charge in [0.05, 0.1) is 0 Å². The van der Waals surface area contributed by atoms with E-state index in [2.05, 4.69) is 68.9 Å². The predicted molar refractivity (Wildman–Crippen MR) is 135 cm³/mol. The highest BCUT2D eigenvalue weighted by atomic mass is 127. The summed E-state index contributed by atoms with van der Waals surface area (Å²) < 4.78 is 0. The summed E-state index contributed by atoms with van der Waals surface area (Å²) in [6.07, 6.45) is 4.58. The van der Waals surface area contributed by atoms with Gasteiger partial charge in [0.2, 0.25) is 0 Å². The standard InChI is InChI=1S/C21H37N5S.HI/c1-3-22-21(23-11-7-8-18-27-2)24-12-13-25-14-16-26(17-15-25)19-20-9-5-4-6-10-20;/h4-6,9-10H,3,7-8,11-19H2,1-2H3,(H2,22,23,24);1H. The first-order valence-corrected chi connectivity index (χ1v) is 11.7. The van der Waals surface area contributed by atoms with Gasteiger partial charge in [0.1, 0.15) is 0 Å². The van der Waals surface area contributed by atoms with E-state index in [0.717, 1.165) is 64.9 Å². The molecule has 160 valence electrons. The van der Waals surface area contributed by atoms with Crippen molar-refractivity contribution in [2.45, 2.75) is 26.3 Å². The minimum Gasteiger partial charge on any atom is -0.357 e. The average molecular weight is 520 g/mol. The van der Waals surface area contributed by atoms with E-state index in [1.165, 1.54) is 24.2 Å². The third-order valence-corrected chi connectivity index (χ3v) is 5.50. The zero-order valence-electron chi connectivity index (χ0n) is 17.5. The van der Waals surface area contributed by atoms with Crippen LogP contribution in [0.1, 0.15) is 25.3 Å². The first-order valence-electron chi connectivity index (χ1n) is 10.3. The zero-order chi connectivity index (χ0) is 19.2. The van der Waals surface area contributed by atoms with E-state index in [9.17, 15) is 0 Å². The van der Waals surface area contributed by atoms with Gasteiger partial charge in [-0.15, -0.1) is 24.0 Å². The lowest BCUT2D eigenvalue weighted by molar-refractivity contribution is 0.129. The first kappa shape index (κ1) is 25.5. The SMILES string of the molecule is CCNC(=NCCCCSC)NCCN1CCN(Cc2ccccc2)CC1.I. The van der Waals surface area contributed by atoms with E-state index in [-0.39, 0.29) is 24.0 Å². The third kappa shape index (κ3) is 10.9. The van der Waals surface area contributed by atoms with Crippen LogP contribution in [-0.4, -0.2) is 80.1 Å². The Labute approximate surface area is 193 Å². The molecule has 28 heavy (non-hydrogen) atoms. The second kappa shape index (κ2) is 16.3. The molecule has 0 saturated carbocycles. The van der Waals surface area contributed by atoms with Crippen LogP contribution in [0.25, 0.3) is 0 Å². The fraction of sp³-hybridized carbons (Fsp3) is 0.667. The molecule has 0 atom stereocenters. The number of unbranched alkanes of at least 4 members (excludes halogenated alkanes) is 1. The van der Waals surface area contributed by atoms with Crippen LogP contribution in [0, 0.1) is 0 Å². The molecule has 1 heterocycles. The van der Waals surface area contributed by atoms with Crippen LogP contribution >= 0.6 is 35.7 Å². The molecule has 2 N–H and O–H groups in total. The number of nitrogens with zero attached hydrogens (tertiary/aromatic N) is 3. The number of rotatable bonds is 11. The zero-order valence-corrected chi connectivity index (χ0v) is 20.7. The van der Waals surface area contributed by atoms with Crippen molar-refractivity contribution in [2.24, 2.45) is 4.99 Å². The number of guanidine groups is 1. The monoisotopic (exact) mass is 519 g/mol. The van der Waals surface area contributed by atoms with Gasteiger partial charge >= 0.3 is 0 Å². The molecular formula is C21H38IN5S. The van der Waals surface area contributed by atoms with Crippen LogP contribution in [0.5, 0.6) is 0 Å². The Morgan fingerprint density at radius 3 is 2.43 bits per heavy atom. The molecule has 1 aliphatic heterocycles. The fourth-order valence-corrected chi connectivity index (χ4v) is 3.73. The Bertz CT molecular complexity index is 521. The summed E-state index contributed by atoms with van der Waals surface area (Å²) in [6, 6.07) is 10.8. The average Bonchev–Trinajstić information content (AvgIpc) is 2.70. The summed E-state index contributed by atoms with van der Waals surface area (Å²) >= 11 is 1.91. The van der Waals surface area contributed by atoms with Crippen molar-refractivity contribution >= 4 is 41.7 Å². The van der Waals surface area contributed by atoms with Gasteiger partial charge in [0, 0.05) is 58.9 Å². The van der Waals surface area contributed by atoms with Gasteiger partial charge in [0.25, 0.3) is 0 Å². The minimum atomic E-state index is 0. The lowest BCUT2D eigenvalue weighted by Gasteiger charge is -2.34. The largest absolute Gasteiger partial charge is 0.357 e. The topological polar surface area (TPSA) is 42.9 Å². The van der Waals surface area contributed by atoms with E-state index >= 15 is 0 Å². The molecule has 1 aromatic carbocycles. The molecular weight excluding hydrogens is 481 g/mol. The number of hydrogen-bond donors (Lipinski definition) is 2. The summed E-state index contributed by atoms with van der Waals surface area (Å²) in [5.41, 5.74) is 1.41. The number of hydrogen-bond acceptors (Lipinski definition) is 4. The Balaban J connectivity index is 0.00000392. The van der Waals surface area contributed by atoms with Gasteiger partial charge in [-0.3, -0.25) is 14.8 Å². The second-order valence-corrected chi connectivity index (χ2v) is 7.98. The highest BCUT2D eigenvalue weighted by molar-refractivity contribution is 14.0. The molecule has 0 aliphatic carbocycles. The highest BCUT2D eigenvalue weighted by Crippen LogP contribution is 2.08. The molecule has 5 nitrogen and oxygen atoms in total. The van der Waals surface area contributed by atoms with Gasteiger partial charge in [-0.05, 0) is 37.3 Å². The van der Waals surface area contributed by atoms with Gasteiger partial charge < -0.3 is 10.6 Å². The Hall–Kier alpha value is -0.510. The van der Waals surface area contributed by atoms with Gasteiger partial charge in [0.15, 0.2) is 5.96 Å². The molecule has 0 spiro atoms. The fourth-order valence-electron chi connectivity index (χ4n) is 3.24. The Kier molecular flexibility index (Phi) is 14.9. The maximum atomic E-state index is 4.69. The highest BCUT2D eigenvalue weighted by Gasteiger charge is 2.16. The van der Waals surface area contributed by atoms with Crippen LogP contribution in [0.4, 0.5) is 0 Å². The summed E-state index contributed by atoms with van der Waals surface area (Å²) in [6.45, 7) is 11.6. The number of halogens is 1. The van der Waals surface area contributed by atoms with Crippen LogP contribution in [0.3, 0.4) is 0 Å². The van der Waals surface area contributed by atoms with Crippen molar-refractivity contribution in [3.63, 3.8) is 0 Å². The van der Waals surface area contributed by atoms with E-state index in [0.29, 0.717) is 0 Å². The van der Waals surface area contributed by atoms with E-state index < -0.39 is 0 Å². The molecule has 0 amide bonds. The van der Waals surface area contributed by atoms with Crippen molar-refractivity contribution in [3.05, 3.63) is 35.9 Å². The lowest BCUT2D eigenvalue weighted by atomic mass is 10.2. The molecule has 0 aromatic heterocycles. The van der Waals surface area contributed by atoms with E-state index in [1.54, 1.807) is 0 Å². The van der Waals surface area contributed by atoms with Crippen molar-refractivity contribution in [2.75, 3.05) is 64.4 Å². The summed E-state index contributed by atoms with van der Waals surface area (Å²) in [4.78, 5) is 9.79. The number of benzene rings is 1. The molecule has 7 heteroatoms. The van der Waals surface area contributed by atoms with Crippen LogP contribution < -0.4 is 10.6 Å². The van der Waals surface area contributed by atoms with Crippen LogP contribution in [0.2, 0.25) is 0 Å². The molecule has 0 unspecified atom stereocenters. The Morgan fingerprint density at radius 1 is 1.04 bits per heavy atom. The van der Waals surface area contributed by atoms with Gasteiger partial charge in [-0.2, -0.15) is 11.8 Å². The number of piperazine rings is 1. The van der Waals surface area contributed by atoms with Gasteiger partial charge in [-0.1, -0.05) is 30.3 Å². The lowest BCUT2D eigenvalue weighted by Crippen LogP contribution is -2.49. The maximum Gasteiger partial charge on any atom is 0.191 e. The predicted octanol–water partition coefficient (Wildman–Crippen LogP) is 3.12. The number of nitrogens with one attached hydrogen (secondary N) is 2. The Morgan fingerprint density at radius 2 is 1.75 bits per heavy atom. The number of thioether (sulfide) groups is 1. The molecule has 0 radical (unpaired) electrons. The smallest absolute Gasteiger partial charge is 0.191 e. The minimum absolute atomic E-state index is 0. The maximum absolute atomic E-state index is 4.69. The number of aliphatic imine (C=N–C) groups is 1.